The Morgan fingerprint density at radius 2 is 0.909 bits per heavy atom. The number of rotatable bonds is 16. The third-order valence-corrected chi connectivity index (χ3v) is 4.81. The number of unbranched alkanes of at least 4 members (excludes halogenated alkanes) is 10. The molecule has 1 aliphatic rings. The van der Waals surface area contributed by atoms with Crippen molar-refractivity contribution in [2.45, 2.75) is 116 Å². The van der Waals surface area contributed by atoms with Crippen molar-refractivity contribution in [3.63, 3.8) is 0 Å². The van der Waals surface area contributed by atoms with Gasteiger partial charge in [0, 0.05) is 13.2 Å². The molecular formula is C20H40O2. The lowest BCUT2D eigenvalue weighted by Gasteiger charge is -2.36. The van der Waals surface area contributed by atoms with Crippen LogP contribution in [0.25, 0.3) is 0 Å². The molecule has 1 aliphatic carbocycles. The van der Waals surface area contributed by atoms with E-state index in [0.717, 1.165) is 13.2 Å². The van der Waals surface area contributed by atoms with E-state index in [1.165, 1.54) is 89.9 Å². The van der Waals surface area contributed by atoms with Crippen LogP contribution >= 0.6 is 0 Å². The van der Waals surface area contributed by atoms with Gasteiger partial charge in [0.1, 0.15) is 0 Å². The first-order valence-electron chi connectivity index (χ1n) is 10.1. The lowest BCUT2D eigenvalue weighted by molar-refractivity contribution is -0.128. The highest BCUT2D eigenvalue weighted by molar-refractivity contribution is 4.82. The summed E-state index contributed by atoms with van der Waals surface area (Å²) in [4.78, 5) is 0. The molecule has 1 fully saturated rings. The molecule has 2 unspecified atom stereocenters. The molecule has 2 atom stereocenters. The Morgan fingerprint density at radius 3 is 1.27 bits per heavy atom. The normalized spacial score (nSPS) is 21.0. The summed E-state index contributed by atoms with van der Waals surface area (Å²) in [7, 11) is 0. The van der Waals surface area contributed by atoms with Crippen LogP contribution in [0.3, 0.4) is 0 Å². The van der Waals surface area contributed by atoms with Gasteiger partial charge in [-0.05, 0) is 25.7 Å². The predicted molar refractivity (Wildman–Crippen MR) is 95.5 cm³/mol. The standard InChI is InChI=1S/C20H40O2/c1-3-5-7-9-11-13-17-21-19-15-16-20(19)22-18-14-12-10-8-6-4-2/h19-20H,3-18H2,1-2H3. The Labute approximate surface area is 139 Å². The van der Waals surface area contributed by atoms with Gasteiger partial charge >= 0.3 is 0 Å². The van der Waals surface area contributed by atoms with Crippen LogP contribution < -0.4 is 0 Å². The van der Waals surface area contributed by atoms with Crippen LogP contribution in [0.15, 0.2) is 0 Å². The first-order chi connectivity index (χ1) is 10.9. The Hall–Kier alpha value is -0.0800. The minimum absolute atomic E-state index is 0.399. The summed E-state index contributed by atoms with van der Waals surface area (Å²) in [5.41, 5.74) is 0. The van der Waals surface area contributed by atoms with Gasteiger partial charge in [-0.3, -0.25) is 0 Å². The van der Waals surface area contributed by atoms with Crippen LogP contribution in [0.5, 0.6) is 0 Å². The molecule has 2 heteroatoms. The maximum atomic E-state index is 5.98. The van der Waals surface area contributed by atoms with E-state index < -0.39 is 0 Å². The Morgan fingerprint density at radius 1 is 0.545 bits per heavy atom. The molecule has 1 saturated carbocycles. The van der Waals surface area contributed by atoms with E-state index in [9.17, 15) is 0 Å². The summed E-state index contributed by atoms with van der Waals surface area (Å²) in [5, 5.41) is 0. The van der Waals surface area contributed by atoms with Crippen molar-refractivity contribution in [3.05, 3.63) is 0 Å². The summed E-state index contributed by atoms with van der Waals surface area (Å²) in [6.45, 7) is 6.41. The monoisotopic (exact) mass is 312 g/mol. The molecule has 0 amide bonds. The molecule has 0 aromatic carbocycles. The average Bonchev–Trinajstić information content (AvgIpc) is 2.51. The van der Waals surface area contributed by atoms with E-state index in [1.807, 2.05) is 0 Å². The largest absolute Gasteiger partial charge is 0.376 e. The topological polar surface area (TPSA) is 18.5 Å². The summed E-state index contributed by atoms with van der Waals surface area (Å²) < 4.78 is 12.0. The summed E-state index contributed by atoms with van der Waals surface area (Å²) in [6.07, 6.45) is 19.3. The van der Waals surface area contributed by atoms with E-state index in [0.29, 0.717) is 12.2 Å². The molecule has 0 N–H and O–H groups in total. The average molecular weight is 313 g/mol. The third kappa shape index (κ3) is 9.84. The highest BCUT2D eigenvalue weighted by atomic mass is 16.5. The predicted octanol–water partition coefficient (Wildman–Crippen LogP) is 6.27. The van der Waals surface area contributed by atoms with Crippen LogP contribution in [-0.4, -0.2) is 25.4 Å². The van der Waals surface area contributed by atoms with E-state index >= 15 is 0 Å². The third-order valence-electron chi connectivity index (χ3n) is 4.81. The second kappa shape index (κ2) is 14.5. The van der Waals surface area contributed by atoms with Crippen molar-refractivity contribution in [1.29, 1.82) is 0 Å². The molecule has 0 aliphatic heterocycles. The zero-order valence-electron chi connectivity index (χ0n) is 15.3. The van der Waals surface area contributed by atoms with Crippen LogP contribution in [0.4, 0.5) is 0 Å². The molecular weight excluding hydrogens is 272 g/mol. The van der Waals surface area contributed by atoms with Gasteiger partial charge in [-0.1, -0.05) is 78.1 Å². The maximum absolute atomic E-state index is 5.98. The zero-order valence-corrected chi connectivity index (χ0v) is 15.3. The van der Waals surface area contributed by atoms with Crippen LogP contribution in [-0.2, 0) is 9.47 Å². The lowest BCUT2D eigenvalue weighted by atomic mass is 9.91. The molecule has 0 aromatic rings. The fourth-order valence-electron chi connectivity index (χ4n) is 3.05. The van der Waals surface area contributed by atoms with Gasteiger partial charge in [0.15, 0.2) is 0 Å². The number of hydrogen-bond acceptors (Lipinski definition) is 2. The summed E-state index contributed by atoms with van der Waals surface area (Å²) >= 11 is 0. The molecule has 22 heavy (non-hydrogen) atoms. The summed E-state index contributed by atoms with van der Waals surface area (Å²) in [5.74, 6) is 0. The smallest absolute Gasteiger partial charge is 0.0837 e. The second-order valence-electron chi connectivity index (χ2n) is 6.93. The lowest BCUT2D eigenvalue weighted by Crippen LogP contribution is -2.41. The highest BCUT2D eigenvalue weighted by Crippen LogP contribution is 2.27. The fraction of sp³-hybridized carbons (Fsp3) is 1.00. The zero-order chi connectivity index (χ0) is 15.9. The number of hydrogen-bond donors (Lipinski definition) is 0. The van der Waals surface area contributed by atoms with Gasteiger partial charge in [-0.15, -0.1) is 0 Å². The fourth-order valence-corrected chi connectivity index (χ4v) is 3.05. The maximum Gasteiger partial charge on any atom is 0.0837 e. The molecule has 0 radical (unpaired) electrons. The minimum atomic E-state index is 0.399. The van der Waals surface area contributed by atoms with Gasteiger partial charge in [-0.25, -0.2) is 0 Å². The quantitative estimate of drug-likeness (QED) is 0.313. The van der Waals surface area contributed by atoms with Gasteiger partial charge in [-0.2, -0.15) is 0 Å². The number of ether oxygens (including phenoxy) is 2. The molecule has 0 spiro atoms. The van der Waals surface area contributed by atoms with Gasteiger partial charge in [0.05, 0.1) is 12.2 Å². The Kier molecular flexibility index (Phi) is 13.2. The van der Waals surface area contributed by atoms with Crippen molar-refractivity contribution in [2.24, 2.45) is 0 Å². The molecule has 2 nitrogen and oxygen atoms in total. The van der Waals surface area contributed by atoms with Crippen LogP contribution in [0.1, 0.15) is 104 Å². The molecule has 1 rings (SSSR count). The van der Waals surface area contributed by atoms with Crippen molar-refractivity contribution in [2.75, 3.05) is 13.2 Å². The molecule has 0 bridgehead atoms. The first kappa shape index (κ1) is 20.0. The van der Waals surface area contributed by atoms with Crippen molar-refractivity contribution >= 4 is 0 Å². The van der Waals surface area contributed by atoms with E-state index in [4.69, 9.17) is 9.47 Å². The SMILES string of the molecule is CCCCCCCCOC1CCC1OCCCCCCCC. The molecule has 0 aromatic heterocycles. The van der Waals surface area contributed by atoms with Crippen molar-refractivity contribution in [1.82, 2.24) is 0 Å². The van der Waals surface area contributed by atoms with Gasteiger partial charge in [0.25, 0.3) is 0 Å². The van der Waals surface area contributed by atoms with Crippen LogP contribution in [0, 0.1) is 0 Å². The van der Waals surface area contributed by atoms with E-state index in [1.54, 1.807) is 0 Å². The van der Waals surface area contributed by atoms with Crippen LogP contribution in [0.2, 0.25) is 0 Å². The van der Waals surface area contributed by atoms with Crippen molar-refractivity contribution in [3.8, 4) is 0 Å². The van der Waals surface area contributed by atoms with Gasteiger partial charge < -0.3 is 9.47 Å². The van der Waals surface area contributed by atoms with E-state index in [2.05, 4.69) is 13.8 Å². The Balaban J connectivity index is 1.84. The summed E-state index contributed by atoms with van der Waals surface area (Å²) in [6, 6.07) is 0. The molecule has 0 heterocycles. The Bertz CT molecular complexity index is 206. The molecule has 132 valence electrons. The second-order valence-corrected chi connectivity index (χ2v) is 6.93. The first-order valence-corrected chi connectivity index (χ1v) is 10.1. The van der Waals surface area contributed by atoms with E-state index in [-0.39, 0.29) is 0 Å². The van der Waals surface area contributed by atoms with Crippen molar-refractivity contribution < 1.29 is 9.47 Å². The minimum Gasteiger partial charge on any atom is -0.376 e. The van der Waals surface area contributed by atoms with Gasteiger partial charge in [0.2, 0.25) is 0 Å². The highest BCUT2D eigenvalue weighted by Gasteiger charge is 2.32. The molecule has 0 saturated heterocycles.